The van der Waals surface area contributed by atoms with Gasteiger partial charge in [0.2, 0.25) is 5.78 Å². The topological polar surface area (TPSA) is 50.8 Å². The number of rotatable bonds is 4. The van der Waals surface area contributed by atoms with Crippen molar-refractivity contribution in [3.63, 3.8) is 0 Å². The average molecular weight is 349 g/mol. The van der Waals surface area contributed by atoms with Gasteiger partial charge in [0.25, 0.3) is 0 Å². The Balaban J connectivity index is 2.16. The highest BCUT2D eigenvalue weighted by molar-refractivity contribution is 6.07. The first-order chi connectivity index (χ1) is 11.8. The van der Waals surface area contributed by atoms with Gasteiger partial charge in [-0.1, -0.05) is 12.1 Å². The number of carbonyl (C=O) groups is 1. The molecule has 0 fully saturated rings. The van der Waals surface area contributed by atoms with E-state index in [-0.39, 0.29) is 22.8 Å². The van der Waals surface area contributed by atoms with Crippen LogP contribution in [-0.2, 0) is 6.18 Å². The maximum absolute atomic E-state index is 13.0. The van der Waals surface area contributed by atoms with E-state index in [4.69, 9.17) is 4.42 Å². The highest BCUT2D eigenvalue weighted by Gasteiger charge is 2.31. The molecule has 5 nitrogen and oxygen atoms in total. The molecule has 0 atom stereocenters. The fraction of sp³-hybridized carbons (Fsp3) is 0.176. The molecule has 25 heavy (non-hydrogen) atoms. The summed E-state index contributed by atoms with van der Waals surface area (Å²) in [6.07, 6.45) is 1.25. The zero-order valence-electron chi connectivity index (χ0n) is 13.4. The summed E-state index contributed by atoms with van der Waals surface area (Å²) in [5.41, 5.74) is -0.341. The van der Waals surface area contributed by atoms with Crippen molar-refractivity contribution >= 4 is 11.6 Å². The molecule has 0 radical (unpaired) electrons. The summed E-state index contributed by atoms with van der Waals surface area (Å²) < 4.78 is 45.5. The number of aromatic nitrogens is 2. The van der Waals surface area contributed by atoms with Crippen molar-refractivity contribution in [3.8, 4) is 11.3 Å². The van der Waals surface area contributed by atoms with Gasteiger partial charge in [-0.05, 0) is 12.1 Å². The molecule has 0 spiro atoms. The Bertz CT molecular complexity index is 952. The van der Waals surface area contributed by atoms with Crippen LogP contribution < -0.4 is 0 Å². The van der Waals surface area contributed by atoms with Crippen molar-refractivity contribution in [2.75, 3.05) is 14.1 Å². The predicted molar refractivity (Wildman–Crippen MR) is 85.1 cm³/mol. The summed E-state index contributed by atoms with van der Waals surface area (Å²) >= 11 is 0. The third kappa shape index (κ3) is 3.28. The van der Waals surface area contributed by atoms with Crippen LogP contribution in [0.4, 0.5) is 13.2 Å². The lowest BCUT2D eigenvalue weighted by molar-refractivity contribution is -0.137. The van der Waals surface area contributed by atoms with E-state index >= 15 is 0 Å². The highest BCUT2D eigenvalue weighted by Crippen LogP contribution is 2.33. The van der Waals surface area contributed by atoms with Crippen molar-refractivity contribution in [1.82, 2.24) is 14.3 Å². The number of alkyl halides is 3. The first kappa shape index (κ1) is 16.8. The maximum atomic E-state index is 13.0. The van der Waals surface area contributed by atoms with Crippen molar-refractivity contribution in [1.29, 1.82) is 0 Å². The molecule has 0 aliphatic rings. The Morgan fingerprint density at radius 2 is 2.08 bits per heavy atom. The zero-order chi connectivity index (χ0) is 18.2. The third-order valence-corrected chi connectivity index (χ3v) is 3.48. The van der Waals surface area contributed by atoms with E-state index in [9.17, 15) is 18.0 Å². The van der Waals surface area contributed by atoms with Crippen molar-refractivity contribution in [2.45, 2.75) is 6.18 Å². The normalized spacial score (nSPS) is 12.2. The summed E-state index contributed by atoms with van der Waals surface area (Å²) in [6.45, 7) is 0. The highest BCUT2D eigenvalue weighted by atomic mass is 19.4. The molecule has 0 aliphatic carbocycles. The molecule has 0 unspecified atom stereocenters. The second kappa shape index (κ2) is 6.12. The monoisotopic (exact) mass is 349 g/mol. The molecule has 3 aromatic rings. The second-order valence-corrected chi connectivity index (χ2v) is 5.59. The van der Waals surface area contributed by atoms with Crippen LogP contribution in [0.15, 0.2) is 53.4 Å². The lowest BCUT2D eigenvalue weighted by Crippen LogP contribution is -2.07. The third-order valence-electron chi connectivity index (χ3n) is 3.48. The summed E-state index contributed by atoms with van der Waals surface area (Å²) in [5.74, 6) is -0.260. The SMILES string of the molecule is CN(C)/C=C/C(=O)c1c(-c2cccc(C(F)(F)F)c2)nc2occn12. The summed E-state index contributed by atoms with van der Waals surface area (Å²) in [4.78, 5) is 18.4. The molecular weight excluding hydrogens is 335 g/mol. The van der Waals surface area contributed by atoms with Gasteiger partial charge in [-0.2, -0.15) is 18.2 Å². The minimum Gasteiger partial charge on any atom is -0.432 e. The Kier molecular flexibility index (Phi) is 4.12. The molecule has 1 aromatic carbocycles. The maximum Gasteiger partial charge on any atom is 0.416 e. The fourth-order valence-electron chi connectivity index (χ4n) is 2.36. The molecule has 0 N–H and O–H groups in total. The number of imidazole rings is 1. The number of nitrogens with zero attached hydrogens (tertiary/aromatic N) is 3. The number of allylic oxidation sites excluding steroid dienone is 1. The molecule has 3 rings (SSSR count). The molecular formula is C17H14F3N3O2. The van der Waals surface area contributed by atoms with Crippen LogP contribution in [0.2, 0.25) is 0 Å². The van der Waals surface area contributed by atoms with Crippen LogP contribution in [0.3, 0.4) is 0 Å². The van der Waals surface area contributed by atoms with Crippen LogP contribution in [0.25, 0.3) is 17.1 Å². The first-order valence-corrected chi connectivity index (χ1v) is 7.29. The van der Waals surface area contributed by atoms with Gasteiger partial charge in [0.05, 0.1) is 5.56 Å². The molecule has 0 saturated heterocycles. The first-order valence-electron chi connectivity index (χ1n) is 7.29. The number of hydrogen-bond donors (Lipinski definition) is 0. The number of carbonyl (C=O) groups excluding carboxylic acids is 1. The van der Waals surface area contributed by atoms with Crippen molar-refractivity contribution in [2.24, 2.45) is 0 Å². The van der Waals surface area contributed by atoms with Gasteiger partial charge in [-0.25, -0.2) is 0 Å². The standard InChI is InChI=1S/C17H14F3N3O2/c1-22(2)7-6-13(24)15-14(21-16-23(15)8-9-25-16)11-4-3-5-12(10-11)17(18,19)20/h3-10H,1-2H3/b7-6+. The van der Waals surface area contributed by atoms with Crippen LogP contribution in [0.1, 0.15) is 16.1 Å². The van der Waals surface area contributed by atoms with E-state index in [1.807, 2.05) is 0 Å². The molecule has 0 amide bonds. The molecule has 0 saturated carbocycles. The summed E-state index contributed by atoms with van der Waals surface area (Å²) in [6, 6.07) is 4.69. The molecule has 130 valence electrons. The van der Waals surface area contributed by atoms with Crippen molar-refractivity contribution < 1.29 is 22.4 Å². The van der Waals surface area contributed by atoms with Crippen molar-refractivity contribution in [3.05, 3.63) is 60.3 Å². The van der Waals surface area contributed by atoms with E-state index in [0.29, 0.717) is 0 Å². The molecule has 2 aromatic heterocycles. The number of halogens is 3. The van der Waals surface area contributed by atoms with Gasteiger partial charge in [0.15, 0.2) is 0 Å². The molecule has 0 aliphatic heterocycles. The number of benzene rings is 1. The van der Waals surface area contributed by atoms with Crippen LogP contribution >= 0.6 is 0 Å². The van der Waals surface area contributed by atoms with Crippen LogP contribution in [0, 0.1) is 0 Å². The fourth-order valence-corrected chi connectivity index (χ4v) is 2.36. The average Bonchev–Trinajstić information content (AvgIpc) is 3.12. The minimum absolute atomic E-state index is 0.133. The van der Waals surface area contributed by atoms with Gasteiger partial charge in [-0.15, -0.1) is 0 Å². The minimum atomic E-state index is -4.48. The number of ketones is 1. The van der Waals surface area contributed by atoms with Gasteiger partial charge in [0, 0.05) is 38.1 Å². The number of hydrogen-bond acceptors (Lipinski definition) is 4. The number of oxazole rings is 1. The lowest BCUT2D eigenvalue weighted by atomic mass is 10.0. The Hall–Kier alpha value is -3.03. The largest absolute Gasteiger partial charge is 0.432 e. The van der Waals surface area contributed by atoms with E-state index in [2.05, 4.69) is 4.98 Å². The molecule has 8 heteroatoms. The predicted octanol–water partition coefficient (Wildman–Crippen LogP) is 3.87. The van der Waals surface area contributed by atoms with Gasteiger partial charge < -0.3 is 9.32 Å². The Labute approximate surface area is 141 Å². The summed E-state index contributed by atoms with van der Waals surface area (Å²) in [5, 5.41) is 0. The quantitative estimate of drug-likeness (QED) is 0.530. The number of fused-ring (bicyclic) bond motifs is 1. The van der Waals surface area contributed by atoms with Crippen LogP contribution in [-0.4, -0.2) is 34.2 Å². The summed E-state index contributed by atoms with van der Waals surface area (Å²) in [7, 11) is 3.50. The second-order valence-electron chi connectivity index (χ2n) is 5.59. The zero-order valence-corrected chi connectivity index (χ0v) is 13.4. The van der Waals surface area contributed by atoms with Gasteiger partial charge >= 0.3 is 12.0 Å². The molecule has 0 bridgehead atoms. The van der Waals surface area contributed by atoms with Gasteiger partial charge in [-0.3, -0.25) is 9.20 Å². The van der Waals surface area contributed by atoms with E-state index in [1.165, 1.54) is 35.1 Å². The van der Waals surface area contributed by atoms with E-state index < -0.39 is 17.5 Å². The Morgan fingerprint density at radius 3 is 2.76 bits per heavy atom. The molecule has 2 heterocycles. The lowest BCUT2D eigenvalue weighted by Gasteiger charge is -2.08. The Morgan fingerprint density at radius 1 is 1.32 bits per heavy atom. The van der Waals surface area contributed by atoms with E-state index in [1.54, 1.807) is 25.2 Å². The smallest absolute Gasteiger partial charge is 0.416 e. The van der Waals surface area contributed by atoms with E-state index in [0.717, 1.165) is 12.1 Å². The van der Waals surface area contributed by atoms with Crippen LogP contribution in [0.5, 0.6) is 0 Å². The van der Waals surface area contributed by atoms with Gasteiger partial charge in [0.1, 0.15) is 17.7 Å².